The number of hydrogen-bond acceptors (Lipinski definition) is 5. The third-order valence-corrected chi connectivity index (χ3v) is 3.81. The number of rotatable bonds is 5. The molecule has 6 nitrogen and oxygen atoms in total. The van der Waals surface area contributed by atoms with E-state index in [9.17, 15) is 14.9 Å². The second-order valence-corrected chi connectivity index (χ2v) is 5.08. The Morgan fingerprint density at radius 1 is 1.24 bits per heavy atom. The van der Waals surface area contributed by atoms with Crippen LogP contribution in [-0.4, -0.2) is 23.1 Å². The summed E-state index contributed by atoms with van der Waals surface area (Å²) in [4.78, 5) is 22.5. The van der Waals surface area contributed by atoms with Crippen LogP contribution in [0.1, 0.15) is 10.4 Å². The van der Waals surface area contributed by atoms with Crippen molar-refractivity contribution >= 4 is 23.4 Å². The monoisotopic (exact) mass is 305 g/mol. The number of methoxy groups -OCH3 is 1. The first-order valence-electron chi connectivity index (χ1n) is 5.85. The molecule has 0 aliphatic rings. The molecule has 7 heteroatoms. The Morgan fingerprint density at radius 3 is 2.57 bits per heavy atom. The van der Waals surface area contributed by atoms with Gasteiger partial charge in [0.1, 0.15) is 5.75 Å². The maximum Gasteiger partial charge on any atom is 0.335 e. The van der Waals surface area contributed by atoms with Crippen molar-refractivity contribution in [2.24, 2.45) is 0 Å². The van der Waals surface area contributed by atoms with Gasteiger partial charge >= 0.3 is 5.97 Å². The van der Waals surface area contributed by atoms with E-state index in [2.05, 4.69) is 0 Å². The summed E-state index contributed by atoms with van der Waals surface area (Å²) in [5.41, 5.74) is -0.364. The molecule has 0 aromatic heterocycles. The van der Waals surface area contributed by atoms with Crippen molar-refractivity contribution in [1.29, 1.82) is 0 Å². The molecule has 0 bridgehead atoms. The van der Waals surface area contributed by atoms with Crippen LogP contribution < -0.4 is 4.74 Å². The third kappa shape index (κ3) is 3.32. The third-order valence-electron chi connectivity index (χ3n) is 2.69. The number of carbonyl (C=O) groups is 1. The summed E-state index contributed by atoms with van der Waals surface area (Å²) in [6.45, 7) is 0. The number of aromatic carboxylic acids is 1. The molecule has 2 aromatic rings. The smallest absolute Gasteiger partial charge is 0.335 e. The van der Waals surface area contributed by atoms with Gasteiger partial charge in [0.15, 0.2) is 0 Å². The predicted octanol–water partition coefficient (Wildman–Crippen LogP) is 3.45. The zero-order chi connectivity index (χ0) is 15.4. The number of nitro groups is 1. The highest BCUT2D eigenvalue weighted by molar-refractivity contribution is 7.99. The van der Waals surface area contributed by atoms with Gasteiger partial charge in [0.25, 0.3) is 5.69 Å². The highest BCUT2D eigenvalue weighted by atomic mass is 32.2. The van der Waals surface area contributed by atoms with E-state index in [0.29, 0.717) is 15.5 Å². The minimum Gasteiger partial charge on any atom is -0.496 e. The second kappa shape index (κ2) is 6.27. The van der Waals surface area contributed by atoms with Gasteiger partial charge in [-0.15, -0.1) is 0 Å². The minimum atomic E-state index is -1.20. The van der Waals surface area contributed by atoms with Gasteiger partial charge < -0.3 is 9.84 Å². The zero-order valence-electron chi connectivity index (χ0n) is 11.0. The van der Waals surface area contributed by atoms with Gasteiger partial charge in [0.2, 0.25) is 0 Å². The van der Waals surface area contributed by atoms with E-state index < -0.39 is 10.9 Å². The topological polar surface area (TPSA) is 89.7 Å². The fraction of sp³-hybridized carbons (Fsp3) is 0.0714. The summed E-state index contributed by atoms with van der Waals surface area (Å²) < 4.78 is 5.20. The molecule has 21 heavy (non-hydrogen) atoms. The Bertz CT molecular complexity index is 702. The molecule has 0 aliphatic heterocycles. The summed E-state index contributed by atoms with van der Waals surface area (Å²) in [6, 6.07) is 10.9. The summed E-state index contributed by atoms with van der Waals surface area (Å²) >= 11 is 1.15. The van der Waals surface area contributed by atoms with Gasteiger partial charge in [0, 0.05) is 6.07 Å². The van der Waals surface area contributed by atoms with E-state index in [0.717, 1.165) is 17.8 Å². The molecule has 0 spiro atoms. The number of nitro benzene ring substituents is 1. The zero-order valence-corrected chi connectivity index (χ0v) is 11.8. The number of benzene rings is 2. The molecular weight excluding hydrogens is 294 g/mol. The van der Waals surface area contributed by atoms with Crippen molar-refractivity contribution in [3.63, 3.8) is 0 Å². The highest BCUT2D eigenvalue weighted by Crippen LogP contribution is 2.39. The lowest BCUT2D eigenvalue weighted by atomic mass is 10.2. The van der Waals surface area contributed by atoms with Crippen molar-refractivity contribution in [3.8, 4) is 5.75 Å². The maximum atomic E-state index is 11.1. The summed E-state index contributed by atoms with van der Waals surface area (Å²) in [7, 11) is 1.52. The lowest BCUT2D eigenvalue weighted by Crippen LogP contribution is -1.99. The average molecular weight is 305 g/mol. The Labute approximate surface area is 124 Å². The number of carboxylic acid groups (broad SMARTS) is 1. The van der Waals surface area contributed by atoms with Crippen molar-refractivity contribution in [1.82, 2.24) is 0 Å². The molecule has 0 unspecified atom stereocenters. The summed E-state index contributed by atoms with van der Waals surface area (Å²) in [5, 5.41) is 20.0. The Balaban J connectivity index is 2.44. The van der Waals surface area contributed by atoms with Crippen LogP contribution in [0.25, 0.3) is 0 Å². The molecular formula is C14H11NO5S. The maximum absolute atomic E-state index is 11.1. The van der Waals surface area contributed by atoms with Gasteiger partial charge in [-0.05, 0) is 24.3 Å². The SMILES string of the molecule is COc1ccccc1Sc1ccc(C(=O)O)cc1[N+](=O)[O-]. The van der Waals surface area contributed by atoms with Crippen molar-refractivity contribution in [3.05, 3.63) is 58.1 Å². The van der Waals surface area contributed by atoms with Crippen LogP contribution in [0.2, 0.25) is 0 Å². The van der Waals surface area contributed by atoms with E-state index in [1.807, 2.05) is 0 Å². The number of hydrogen-bond donors (Lipinski definition) is 1. The van der Waals surface area contributed by atoms with Crippen molar-refractivity contribution < 1.29 is 19.6 Å². The predicted molar refractivity (Wildman–Crippen MR) is 77.2 cm³/mol. The molecule has 0 fully saturated rings. The number of ether oxygens (including phenoxy) is 1. The average Bonchev–Trinajstić information content (AvgIpc) is 2.47. The van der Waals surface area contributed by atoms with Crippen LogP contribution in [0.3, 0.4) is 0 Å². The van der Waals surface area contributed by atoms with E-state index in [4.69, 9.17) is 9.84 Å². The van der Waals surface area contributed by atoms with Crippen LogP contribution in [0.15, 0.2) is 52.3 Å². The summed E-state index contributed by atoms with van der Waals surface area (Å²) in [5.74, 6) is -0.606. The Hall–Kier alpha value is -2.54. The van der Waals surface area contributed by atoms with Gasteiger partial charge in [-0.1, -0.05) is 23.9 Å². The minimum absolute atomic E-state index is 0.119. The van der Waals surface area contributed by atoms with Crippen molar-refractivity contribution in [2.75, 3.05) is 7.11 Å². The first kappa shape index (κ1) is 14.9. The largest absolute Gasteiger partial charge is 0.496 e. The standard InChI is InChI=1S/C14H11NO5S/c1-20-11-4-2-3-5-13(11)21-12-7-6-9(14(16)17)8-10(12)15(18)19/h2-8H,1H3,(H,16,17). The van der Waals surface area contributed by atoms with Crippen LogP contribution in [0, 0.1) is 10.1 Å². The number of para-hydroxylation sites is 1. The number of carboxylic acids is 1. The molecule has 0 aliphatic carbocycles. The van der Waals surface area contributed by atoms with Crippen LogP contribution in [0.5, 0.6) is 5.75 Å². The van der Waals surface area contributed by atoms with E-state index in [-0.39, 0.29) is 11.3 Å². The molecule has 1 N–H and O–H groups in total. The van der Waals surface area contributed by atoms with Gasteiger partial charge in [-0.2, -0.15) is 0 Å². The quantitative estimate of drug-likeness (QED) is 0.672. The first-order valence-corrected chi connectivity index (χ1v) is 6.67. The van der Waals surface area contributed by atoms with E-state index >= 15 is 0 Å². The molecule has 0 atom stereocenters. The van der Waals surface area contributed by atoms with E-state index in [1.165, 1.54) is 19.2 Å². The lowest BCUT2D eigenvalue weighted by molar-refractivity contribution is -0.387. The van der Waals surface area contributed by atoms with Crippen LogP contribution in [-0.2, 0) is 0 Å². The van der Waals surface area contributed by atoms with Gasteiger partial charge in [0.05, 0.1) is 27.4 Å². The van der Waals surface area contributed by atoms with Crippen LogP contribution >= 0.6 is 11.8 Å². The number of nitrogens with zero attached hydrogens (tertiary/aromatic N) is 1. The van der Waals surface area contributed by atoms with Crippen LogP contribution in [0.4, 0.5) is 5.69 Å². The molecule has 0 heterocycles. The molecule has 0 saturated heterocycles. The normalized spacial score (nSPS) is 10.1. The highest BCUT2D eigenvalue weighted by Gasteiger charge is 2.19. The molecule has 2 aromatic carbocycles. The van der Waals surface area contributed by atoms with Gasteiger partial charge in [-0.25, -0.2) is 4.79 Å². The van der Waals surface area contributed by atoms with E-state index in [1.54, 1.807) is 24.3 Å². The second-order valence-electron chi connectivity index (χ2n) is 4.00. The Kier molecular flexibility index (Phi) is 4.44. The fourth-order valence-corrected chi connectivity index (χ4v) is 2.71. The lowest BCUT2D eigenvalue weighted by Gasteiger charge is -2.08. The van der Waals surface area contributed by atoms with Crippen molar-refractivity contribution in [2.45, 2.75) is 9.79 Å². The molecule has 0 saturated carbocycles. The first-order chi connectivity index (χ1) is 10.0. The molecule has 108 valence electrons. The fourth-order valence-electron chi connectivity index (χ4n) is 1.70. The molecule has 0 radical (unpaired) electrons. The molecule has 0 amide bonds. The van der Waals surface area contributed by atoms with Gasteiger partial charge in [-0.3, -0.25) is 10.1 Å². The summed E-state index contributed by atoms with van der Waals surface area (Å²) in [6.07, 6.45) is 0. The molecule has 2 rings (SSSR count). The Morgan fingerprint density at radius 2 is 1.95 bits per heavy atom.